The maximum Gasteiger partial charge on any atom is 0.240 e. The fraction of sp³-hybridized carbons (Fsp3) is 0.333. The first-order valence-electron chi connectivity index (χ1n) is 7.81. The Morgan fingerprint density at radius 1 is 1.12 bits per heavy atom. The highest BCUT2D eigenvalue weighted by Crippen LogP contribution is 2.22. The molecule has 3 N–H and O–H groups in total. The van der Waals surface area contributed by atoms with Gasteiger partial charge >= 0.3 is 0 Å². The lowest BCUT2D eigenvalue weighted by Gasteiger charge is -2.27. The lowest BCUT2D eigenvalue weighted by molar-refractivity contribution is 0.0543. The first kappa shape index (κ1) is 18.6. The fourth-order valence-corrected chi connectivity index (χ4v) is 3.22. The molecule has 0 radical (unpaired) electrons. The van der Waals surface area contributed by atoms with Crippen molar-refractivity contribution >= 4 is 10.0 Å². The predicted octanol–water partition coefficient (Wildman–Crippen LogP) is 2.15. The quantitative estimate of drug-likeness (QED) is 0.716. The van der Waals surface area contributed by atoms with Crippen LogP contribution in [0.3, 0.4) is 0 Å². The summed E-state index contributed by atoms with van der Waals surface area (Å²) in [4.78, 5) is 0.228. The maximum absolute atomic E-state index is 11.9. The van der Waals surface area contributed by atoms with Gasteiger partial charge in [-0.3, -0.25) is 0 Å². The first-order valence-corrected chi connectivity index (χ1v) is 9.29. The third-order valence-electron chi connectivity index (χ3n) is 4.09. The smallest absolute Gasteiger partial charge is 0.240 e. The summed E-state index contributed by atoms with van der Waals surface area (Å²) in [6.07, 6.45) is 0. The Hall–Kier alpha value is -1.73. The minimum atomic E-state index is -3.47. The second kappa shape index (κ2) is 7.44. The molecule has 2 atom stereocenters. The molecule has 0 fully saturated rings. The zero-order valence-electron chi connectivity index (χ0n) is 14.2. The van der Waals surface area contributed by atoms with Crippen molar-refractivity contribution in [1.29, 1.82) is 0 Å². The van der Waals surface area contributed by atoms with E-state index in [1.54, 1.807) is 25.1 Å². The van der Waals surface area contributed by atoms with Crippen LogP contribution >= 0.6 is 0 Å². The summed E-state index contributed by atoms with van der Waals surface area (Å²) in [5, 5.41) is 13.9. The number of nitrogens with one attached hydrogen (secondary N) is 2. The molecule has 0 aliphatic rings. The topological polar surface area (TPSA) is 78.4 Å². The molecule has 24 heavy (non-hydrogen) atoms. The van der Waals surface area contributed by atoms with E-state index >= 15 is 0 Å². The average molecular weight is 348 g/mol. The van der Waals surface area contributed by atoms with E-state index in [4.69, 9.17) is 0 Å². The van der Waals surface area contributed by atoms with Crippen molar-refractivity contribution in [3.63, 3.8) is 0 Å². The molecule has 0 aliphatic carbocycles. The molecular weight excluding hydrogens is 324 g/mol. The van der Waals surface area contributed by atoms with E-state index in [9.17, 15) is 13.5 Å². The van der Waals surface area contributed by atoms with Crippen molar-refractivity contribution in [2.75, 3.05) is 13.6 Å². The number of hydrogen-bond acceptors (Lipinski definition) is 4. The average Bonchev–Trinajstić information content (AvgIpc) is 2.60. The fourth-order valence-electron chi connectivity index (χ4n) is 2.44. The van der Waals surface area contributed by atoms with E-state index in [1.807, 2.05) is 43.3 Å². The lowest BCUT2D eigenvalue weighted by atomic mass is 9.95. The summed E-state index contributed by atoms with van der Waals surface area (Å²) < 4.78 is 26.1. The summed E-state index contributed by atoms with van der Waals surface area (Å²) in [7, 11) is -2.08. The van der Waals surface area contributed by atoms with Crippen LogP contribution in [0, 0.1) is 0 Å². The number of rotatable bonds is 7. The van der Waals surface area contributed by atoms with Gasteiger partial charge in [0.2, 0.25) is 10.0 Å². The molecule has 0 saturated heterocycles. The van der Waals surface area contributed by atoms with E-state index in [1.165, 1.54) is 7.05 Å². The van der Waals surface area contributed by atoms with Crippen molar-refractivity contribution in [3.8, 4) is 0 Å². The van der Waals surface area contributed by atoms with Crippen LogP contribution in [-0.2, 0) is 15.6 Å². The SMILES string of the molecule is CNS(=O)(=O)c1cccc([C@H](C)NC[C@@](C)(O)c2ccccc2)c1. The number of sulfonamides is 1. The second-order valence-electron chi connectivity index (χ2n) is 6.02. The molecule has 130 valence electrons. The number of benzene rings is 2. The van der Waals surface area contributed by atoms with Crippen molar-refractivity contribution < 1.29 is 13.5 Å². The Labute approximate surface area is 143 Å². The Morgan fingerprint density at radius 3 is 2.42 bits per heavy atom. The van der Waals surface area contributed by atoms with Crippen LogP contribution in [-0.4, -0.2) is 27.1 Å². The minimum Gasteiger partial charge on any atom is -0.384 e. The van der Waals surface area contributed by atoms with Crippen LogP contribution in [0.4, 0.5) is 0 Å². The Kier molecular flexibility index (Phi) is 5.77. The first-order chi connectivity index (χ1) is 11.3. The Balaban J connectivity index is 2.11. The van der Waals surface area contributed by atoms with Gasteiger partial charge in [0.25, 0.3) is 0 Å². The zero-order chi connectivity index (χ0) is 17.8. The Morgan fingerprint density at radius 2 is 1.79 bits per heavy atom. The third kappa shape index (κ3) is 4.42. The van der Waals surface area contributed by atoms with Crippen LogP contribution in [0.2, 0.25) is 0 Å². The molecule has 0 aromatic heterocycles. The monoisotopic (exact) mass is 348 g/mol. The van der Waals surface area contributed by atoms with Gasteiger partial charge in [0.15, 0.2) is 0 Å². The van der Waals surface area contributed by atoms with Gasteiger partial charge in [0.05, 0.1) is 10.5 Å². The van der Waals surface area contributed by atoms with Crippen LogP contribution in [0.15, 0.2) is 59.5 Å². The highest BCUT2D eigenvalue weighted by molar-refractivity contribution is 7.89. The second-order valence-corrected chi connectivity index (χ2v) is 7.91. The van der Waals surface area contributed by atoms with Crippen molar-refractivity contribution in [2.45, 2.75) is 30.4 Å². The van der Waals surface area contributed by atoms with Gasteiger partial charge in [-0.1, -0.05) is 42.5 Å². The van der Waals surface area contributed by atoms with Gasteiger partial charge in [0.1, 0.15) is 0 Å². The van der Waals surface area contributed by atoms with E-state index in [-0.39, 0.29) is 10.9 Å². The van der Waals surface area contributed by atoms with Gasteiger partial charge in [0, 0.05) is 12.6 Å². The van der Waals surface area contributed by atoms with Crippen molar-refractivity contribution in [1.82, 2.24) is 10.0 Å². The summed E-state index contributed by atoms with van der Waals surface area (Å²) in [5.41, 5.74) is 0.663. The highest BCUT2D eigenvalue weighted by atomic mass is 32.2. The van der Waals surface area contributed by atoms with Gasteiger partial charge < -0.3 is 10.4 Å². The molecule has 0 heterocycles. The summed E-state index contributed by atoms with van der Waals surface area (Å²) in [6, 6.07) is 16.1. The van der Waals surface area contributed by atoms with Crippen LogP contribution in [0.25, 0.3) is 0 Å². The van der Waals surface area contributed by atoms with Crippen molar-refractivity contribution in [3.05, 3.63) is 65.7 Å². The van der Waals surface area contributed by atoms with Crippen molar-refractivity contribution in [2.24, 2.45) is 0 Å². The normalized spacial score (nSPS) is 15.7. The van der Waals surface area contributed by atoms with E-state index in [2.05, 4.69) is 10.0 Å². The summed E-state index contributed by atoms with van der Waals surface area (Å²) in [5.74, 6) is 0. The molecule has 2 rings (SSSR count). The molecule has 5 nitrogen and oxygen atoms in total. The highest BCUT2D eigenvalue weighted by Gasteiger charge is 2.23. The van der Waals surface area contributed by atoms with Gasteiger partial charge in [-0.15, -0.1) is 0 Å². The molecule has 0 spiro atoms. The number of hydrogen-bond donors (Lipinski definition) is 3. The zero-order valence-corrected chi connectivity index (χ0v) is 15.0. The van der Waals surface area contributed by atoms with Crippen LogP contribution in [0.5, 0.6) is 0 Å². The van der Waals surface area contributed by atoms with Gasteiger partial charge in [-0.05, 0) is 44.2 Å². The third-order valence-corrected chi connectivity index (χ3v) is 5.50. The standard InChI is InChI=1S/C18H24N2O3S/c1-14(15-8-7-11-17(12-15)24(22,23)19-3)20-13-18(2,21)16-9-5-4-6-10-16/h4-12,14,19-21H,13H2,1-3H3/t14-,18+/m0/s1. The molecule has 0 amide bonds. The molecule has 0 aliphatic heterocycles. The lowest BCUT2D eigenvalue weighted by Crippen LogP contribution is -2.36. The van der Waals surface area contributed by atoms with E-state index < -0.39 is 15.6 Å². The maximum atomic E-state index is 11.9. The molecular formula is C18H24N2O3S. The van der Waals surface area contributed by atoms with Gasteiger partial charge in [-0.2, -0.15) is 0 Å². The van der Waals surface area contributed by atoms with Gasteiger partial charge in [-0.25, -0.2) is 13.1 Å². The van der Waals surface area contributed by atoms with Crippen LogP contribution < -0.4 is 10.0 Å². The number of aliphatic hydroxyl groups is 1. The molecule has 0 bridgehead atoms. The molecule has 6 heteroatoms. The molecule has 2 aromatic rings. The Bertz CT molecular complexity index is 774. The van der Waals surface area contributed by atoms with E-state index in [0.717, 1.165) is 11.1 Å². The minimum absolute atomic E-state index is 0.104. The van der Waals surface area contributed by atoms with E-state index in [0.29, 0.717) is 6.54 Å². The summed E-state index contributed by atoms with van der Waals surface area (Å²) in [6.45, 7) is 4.04. The predicted molar refractivity (Wildman–Crippen MR) is 95.1 cm³/mol. The summed E-state index contributed by atoms with van der Waals surface area (Å²) >= 11 is 0. The molecule has 0 saturated carbocycles. The molecule has 0 unspecified atom stereocenters. The largest absolute Gasteiger partial charge is 0.384 e. The molecule has 2 aromatic carbocycles. The van der Waals surface area contributed by atoms with Crippen LogP contribution in [0.1, 0.15) is 31.0 Å².